The van der Waals surface area contributed by atoms with E-state index in [1.165, 1.54) is 207 Å². The summed E-state index contributed by atoms with van der Waals surface area (Å²) in [7, 11) is 0. The van der Waals surface area contributed by atoms with Crippen molar-refractivity contribution in [3.8, 4) is 0 Å². The molecule has 0 radical (unpaired) electrons. The summed E-state index contributed by atoms with van der Waals surface area (Å²) >= 11 is 0. The lowest BCUT2D eigenvalue weighted by atomic mass is 9.93. The summed E-state index contributed by atoms with van der Waals surface area (Å²) in [5.41, 5.74) is 25.4. The number of unbranched alkanes of at least 4 members (excludes halogenated alkanes) is 20. The van der Waals surface area contributed by atoms with Crippen LogP contribution in [0.15, 0.2) is 84.9 Å². The fourth-order valence-electron chi connectivity index (χ4n) is 8.63. The van der Waals surface area contributed by atoms with Gasteiger partial charge >= 0.3 is 0 Å². The van der Waals surface area contributed by atoms with E-state index < -0.39 is 0 Å². The number of nitrogens with two attached hydrogens (primary N) is 2. The average Bonchev–Trinajstić information content (AvgIpc) is 3.22. The van der Waals surface area contributed by atoms with Gasteiger partial charge in [0.15, 0.2) is 0 Å². The Bertz CT molecular complexity index is 1480. The van der Waals surface area contributed by atoms with E-state index in [2.05, 4.69) is 74.5 Å². The fraction of sp³-hybridized carbons (Fsp3) is 0.564. The van der Waals surface area contributed by atoms with Crippen molar-refractivity contribution in [2.75, 3.05) is 11.5 Å². The maximum absolute atomic E-state index is 5.92. The molecule has 0 saturated heterocycles. The summed E-state index contributed by atoms with van der Waals surface area (Å²) in [6, 6.07) is 31.5. The molecule has 0 fully saturated rings. The van der Waals surface area contributed by atoms with Gasteiger partial charge in [0.05, 0.1) is 0 Å². The molecule has 4 aromatic carbocycles. The van der Waals surface area contributed by atoms with Crippen LogP contribution < -0.4 is 11.5 Å². The third-order valence-corrected chi connectivity index (χ3v) is 12.3. The van der Waals surface area contributed by atoms with Crippen molar-refractivity contribution in [1.82, 2.24) is 0 Å². The van der Waals surface area contributed by atoms with Gasteiger partial charge < -0.3 is 11.5 Å². The first-order valence-corrected chi connectivity index (χ1v) is 23.9. The minimum atomic E-state index is 0.846. The zero-order valence-corrected chi connectivity index (χ0v) is 36.7. The van der Waals surface area contributed by atoms with Crippen LogP contribution in [0.5, 0.6) is 0 Å². The largest absolute Gasteiger partial charge is 0.399 e. The average molecular weight is 771 g/mol. The van der Waals surface area contributed by atoms with Crippen molar-refractivity contribution in [2.24, 2.45) is 0 Å². The Morgan fingerprint density at radius 2 is 0.561 bits per heavy atom. The highest BCUT2D eigenvalue weighted by Crippen LogP contribution is 2.24. The molecule has 0 aliphatic rings. The SMILES string of the molecule is CCCCCc1cc(CCCCCCCCCCCCCCCCCCCc2ccc(Cc3ccc(N)cc3)c(CCCCC)c2)ccc1Cc1ccc(N)cc1. The maximum atomic E-state index is 5.92. The number of anilines is 2. The minimum Gasteiger partial charge on any atom is -0.399 e. The predicted octanol–water partition coefficient (Wildman–Crippen LogP) is 15.9. The fourth-order valence-corrected chi connectivity index (χ4v) is 8.63. The van der Waals surface area contributed by atoms with Crippen LogP contribution in [-0.4, -0.2) is 0 Å². The summed E-state index contributed by atoms with van der Waals surface area (Å²) in [4.78, 5) is 0. The van der Waals surface area contributed by atoms with Gasteiger partial charge in [-0.1, -0.05) is 197 Å². The molecule has 2 nitrogen and oxygen atoms in total. The van der Waals surface area contributed by atoms with E-state index in [1.807, 2.05) is 24.3 Å². The van der Waals surface area contributed by atoms with Crippen LogP contribution >= 0.6 is 0 Å². The van der Waals surface area contributed by atoms with Gasteiger partial charge in [-0.2, -0.15) is 0 Å². The lowest BCUT2D eigenvalue weighted by Gasteiger charge is -2.13. The predicted molar refractivity (Wildman–Crippen MR) is 253 cm³/mol. The first-order chi connectivity index (χ1) is 28.0. The zero-order chi connectivity index (χ0) is 40.2. The van der Waals surface area contributed by atoms with Gasteiger partial charge in [-0.15, -0.1) is 0 Å². The van der Waals surface area contributed by atoms with Crippen LogP contribution in [0.1, 0.15) is 206 Å². The molecule has 0 bridgehead atoms. The third kappa shape index (κ3) is 19.7. The van der Waals surface area contributed by atoms with Crippen LogP contribution in [0, 0.1) is 0 Å². The first-order valence-electron chi connectivity index (χ1n) is 23.9. The van der Waals surface area contributed by atoms with Crippen molar-refractivity contribution in [1.29, 1.82) is 0 Å². The lowest BCUT2D eigenvalue weighted by molar-refractivity contribution is 0.525. The second kappa shape index (κ2) is 28.8. The summed E-state index contributed by atoms with van der Waals surface area (Å²) in [6.07, 6.45) is 38.6. The van der Waals surface area contributed by atoms with Gasteiger partial charge in [-0.3, -0.25) is 0 Å². The lowest BCUT2D eigenvalue weighted by Crippen LogP contribution is -1.99. The summed E-state index contributed by atoms with van der Waals surface area (Å²) in [5.74, 6) is 0. The van der Waals surface area contributed by atoms with E-state index in [0.29, 0.717) is 0 Å². The van der Waals surface area contributed by atoms with Crippen LogP contribution in [0.3, 0.4) is 0 Å². The maximum Gasteiger partial charge on any atom is 0.0314 e. The smallest absolute Gasteiger partial charge is 0.0314 e. The van der Waals surface area contributed by atoms with E-state index in [-0.39, 0.29) is 0 Å². The van der Waals surface area contributed by atoms with Crippen molar-refractivity contribution in [3.05, 3.63) is 129 Å². The minimum absolute atomic E-state index is 0.846. The Morgan fingerprint density at radius 3 is 0.877 bits per heavy atom. The van der Waals surface area contributed by atoms with Crippen molar-refractivity contribution < 1.29 is 0 Å². The first kappa shape index (κ1) is 46.2. The Morgan fingerprint density at radius 1 is 0.281 bits per heavy atom. The summed E-state index contributed by atoms with van der Waals surface area (Å²) in [6.45, 7) is 4.60. The van der Waals surface area contributed by atoms with Crippen LogP contribution in [0.4, 0.5) is 11.4 Å². The Kier molecular flexibility index (Phi) is 23.3. The zero-order valence-electron chi connectivity index (χ0n) is 36.7. The molecule has 4 rings (SSSR count). The monoisotopic (exact) mass is 771 g/mol. The van der Waals surface area contributed by atoms with Gasteiger partial charge in [0.1, 0.15) is 0 Å². The second-order valence-electron chi connectivity index (χ2n) is 17.5. The molecule has 2 heteroatoms. The Hall–Kier alpha value is -3.52. The Labute approximate surface area is 351 Å². The molecule has 312 valence electrons. The highest BCUT2D eigenvalue weighted by molar-refractivity contribution is 5.43. The molecule has 0 atom stereocenters. The van der Waals surface area contributed by atoms with Crippen molar-refractivity contribution in [2.45, 2.75) is 200 Å². The Balaban J connectivity index is 0.959. The molecule has 57 heavy (non-hydrogen) atoms. The molecule has 0 spiro atoms. The van der Waals surface area contributed by atoms with Crippen LogP contribution in [0.25, 0.3) is 0 Å². The molecule has 0 heterocycles. The van der Waals surface area contributed by atoms with E-state index in [9.17, 15) is 0 Å². The number of hydrogen-bond acceptors (Lipinski definition) is 2. The second-order valence-corrected chi connectivity index (χ2v) is 17.5. The molecule has 4 aromatic rings. The normalized spacial score (nSPS) is 11.4. The van der Waals surface area contributed by atoms with Gasteiger partial charge in [0.25, 0.3) is 0 Å². The number of aryl methyl sites for hydroxylation is 4. The highest BCUT2D eigenvalue weighted by atomic mass is 14.5. The number of rotatable bonds is 32. The quantitative estimate of drug-likeness (QED) is 0.0384. The highest BCUT2D eigenvalue weighted by Gasteiger charge is 2.08. The van der Waals surface area contributed by atoms with Crippen LogP contribution in [0.2, 0.25) is 0 Å². The van der Waals surface area contributed by atoms with Gasteiger partial charge in [-0.05, 0) is 133 Å². The number of hydrogen-bond donors (Lipinski definition) is 2. The summed E-state index contributed by atoms with van der Waals surface area (Å²) < 4.78 is 0. The molecule has 0 unspecified atom stereocenters. The number of benzene rings is 4. The third-order valence-electron chi connectivity index (χ3n) is 12.3. The molecule has 4 N–H and O–H groups in total. The van der Waals surface area contributed by atoms with Gasteiger partial charge in [-0.25, -0.2) is 0 Å². The van der Waals surface area contributed by atoms with E-state index >= 15 is 0 Å². The van der Waals surface area contributed by atoms with Crippen molar-refractivity contribution >= 4 is 11.4 Å². The topological polar surface area (TPSA) is 52.0 Å². The molecule has 0 aromatic heterocycles. The number of nitrogen functional groups attached to an aromatic ring is 2. The van der Waals surface area contributed by atoms with Gasteiger partial charge in [0, 0.05) is 11.4 Å². The van der Waals surface area contributed by atoms with E-state index in [4.69, 9.17) is 11.5 Å². The molecule has 0 saturated carbocycles. The van der Waals surface area contributed by atoms with Gasteiger partial charge in [0.2, 0.25) is 0 Å². The molecule has 0 amide bonds. The van der Waals surface area contributed by atoms with E-state index in [0.717, 1.165) is 24.2 Å². The van der Waals surface area contributed by atoms with Crippen LogP contribution in [-0.2, 0) is 38.5 Å². The molecule has 0 aliphatic carbocycles. The molecule has 0 aliphatic heterocycles. The summed E-state index contributed by atoms with van der Waals surface area (Å²) in [5, 5.41) is 0. The van der Waals surface area contributed by atoms with Crippen molar-refractivity contribution in [3.63, 3.8) is 0 Å². The molecular weight excluding hydrogens is 689 g/mol. The molecular formula is C55H82N2. The standard InChI is InChI=1S/C55H82N2/c1-3-5-22-28-50-42-46(30-36-52(50)44-48-32-38-54(56)39-33-48)26-24-20-18-16-14-12-10-8-7-9-11-13-15-17-19-21-25-27-47-31-37-53(51(43-47)29-23-6-4-2)45-49-34-40-55(57)41-35-49/h30-43H,3-29,44-45,56-57H2,1-2H3. The van der Waals surface area contributed by atoms with E-state index in [1.54, 1.807) is 11.1 Å².